The van der Waals surface area contributed by atoms with Crippen LogP contribution < -0.4 is 16.4 Å². The van der Waals surface area contributed by atoms with Crippen LogP contribution in [0.5, 0.6) is 5.75 Å². The zero-order valence-electron chi connectivity index (χ0n) is 11.5. The van der Waals surface area contributed by atoms with Gasteiger partial charge < -0.3 is 21.5 Å². The molecule has 2 atom stereocenters. The number of phenols is 1. The lowest BCUT2D eigenvalue weighted by Crippen LogP contribution is -2.40. The molecule has 0 aromatic heterocycles. The molecule has 1 aliphatic heterocycles. The number of nitrogens with two attached hydrogens (primary N) is 1. The lowest BCUT2D eigenvalue weighted by atomic mass is 9.94. The van der Waals surface area contributed by atoms with Gasteiger partial charge in [-0.3, -0.25) is 9.59 Å². The fourth-order valence-corrected chi connectivity index (χ4v) is 2.38. The van der Waals surface area contributed by atoms with E-state index < -0.39 is 11.8 Å². The van der Waals surface area contributed by atoms with Crippen LogP contribution in [0, 0.1) is 11.8 Å². The molecule has 7 heteroatoms. The van der Waals surface area contributed by atoms with Crippen LogP contribution in [0.15, 0.2) is 24.3 Å². The van der Waals surface area contributed by atoms with E-state index in [-0.39, 0.29) is 30.0 Å². The SMILES string of the molecule is Cl.NC(=O)C1CNCC1C(=O)NCCc1ccc(O)cc1. The Morgan fingerprint density at radius 2 is 1.86 bits per heavy atom. The molecule has 0 saturated carbocycles. The molecule has 6 nitrogen and oxygen atoms in total. The van der Waals surface area contributed by atoms with E-state index in [4.69, 9.17) is 5.73 Å². The summed E-state index contributed by atoms with van der Waals surface area (Å²) in [6.45, 7) is 1.44. The highest BCUT2D eigenvalue weighted by Gasteiger charge is 2.36. The summed E-state index contributed by atoms with van der Waals surface area (Å²) >= 11 is 0. The molecule has 116 valence electrons. The molecule has 5 N–H and O–H groups in total. The standard InChI is InChI=1S/C14H19N3O3.ClH/c15-13(19)11-7-16-8-12(11)14(20)17-6-5-9-1-3-10(18)4-2-9;/h1-4,11-12,16,18H,5-8H2,(H2,15,19)(H,17,20);1H. The van der Waals surface area contributed by atoms with Gasteiger partial charge in [0.2, 0.25) is 11.8 Å². The number of aromatic hydroxyl groups is 1. The zero-order chi connectivity index (χ0) is 14.5. The van der Waals surface area contributed by atoms with E-state index in [1.165, 1.54) is 0 Å². The largest absolute Gasteiger partial charge is 0.508 e. The van der Waals surface area contributed by atoms with Gasteiger partial charge in [-0.25, -0.2) is 0 Å². The van der Waals surface area contributed by atoms with E-state index in [0.29, 0.717) is 26.1 Å². The van der Waals surface area contributed by atoms with Crippen molar-refractivity contribution in [1.82, 2.24) is 10.6 Å². The van der Waals surface area contributed by atoms with E-state index in [1.807, 2.05) is 12.1 Å². The number of amides is 2. The predicted molar refractivity (Wildman–Crippen MR) is 81.1 cm³/mol. The number of phenolic OH excluding ortho intramolecular Hbond substituents is 1. The van der Waals surface area contributed by atoms with E-state index in [0.717, 1.165) is 5.56 Å². The van der Waals surface area contributed by atoms with Crippen LogP contribution in [0.1, 0.15) is 5.56 Å². The summed E-state index contributed by atoms with van der Waals surface area (Å²) in [7, 11) is 0. The molecule has 0 aliphatic carbocycles. The zero-order valence-corrected chi connectivity index (χ0v) is 12.4. The Kier molecular flexibility index (Phi) is 6.45. The van der Waals surface area contributed by atoms with Crippen molar-refractivity contribution < 1.29 is 14.7 Å². The van der Waals surface area contributed by atoms with Crippen molar-refractivity contribution in [3.05, 3.63) is 29.8 Å². The van der Waals surface area contributed by atoms with Gasteiger partial charge in [0.1, 0.15) is 5.75 Å². The minimum Gasteiger partial charge on any atom is -0.508 e. The number of hydrogen-bond donors (Lipinski definition) is 4. The lowest BCUT2D eigenvalue weighted by molar-refractivity contribution is -0.131. The molecule has 1 heterocycles. The van der Waals surface area contributed by atoms with Crippen molar-refractivity contribution in [3.8, 4) is 5.75 Å². The summed E-state index contributed by atoms with van der Waals surface area (Å²) in [6.07, 6.45) is 0.674. The van der Waals surface area contributed by atoms with Gasteiger partial charge in [-0.1, -0.05) is 12.1 Å². The van der Waals surface area contributed by atoms with Crippen LogP contribution in [0.3, 0.4) is 0 Å². The van der Waals surface area contributed by atoms with E-state index >= 15 is 0 Å². The number of halogens is 1. The fourth-order valence-electron chi connectivity index (χ4n) is 2.38. The second-order valence-corrected chi connectivity index (χ2v) is 4.98. The van der Waals surface area contributed by atoms with E-state index in [2.05, 4.69) is 10.6 Å². The maximum absolute atomic E-state index is 12.0. The number of benzene rings is 1. The molecule has 0 bridgehead atoms. The number of rotatable bonds is 5. The number of carbonyl (C=O) groups is 2. The Bertz CT molecular complexity index is 493. The average Bonchev–Trinajstić information content (AvgIpc) is 2.90. The van der Waals surface area contributed by atoms with Crippen molar-refractivity contribution in [3.63, 3.8) is 0 Å². The maximum Gasteiger partial charge on any atom is 0.225 e. The first-order valence-corrected chi connectivity index (χ1v) is 6.63. The van der Waals surface area contributed by atoms with Gasteiger partial charge in [0.25, 0.3) is 0 Å². The Balaban J connectivity index is 0.00000220. The minimum absolute atomic E-state index is 0. The van der Waals surface area contributed by atoms with Crippen LogP contribution in [0.25, 0.3) is 0 Å². The molecule has 2 rings (SSSR count). The maximum atomic E-state index is 12.0. The molecule has 1 aromatic rings. The highest BCUT2D eigenvalue weighted by atomic mass is 35.5. The molecule has 1 fully saturated rings. The number of primary amides is 1. The third kappa shape index (κ3) is 4.61. The molecule has 0 spiro atoms. The minimum atomic E-state index is -0.436. The van der Waals surface area contributed by atoms with Crippen molar-refractivity contribution in [2.24, 2.45) is 17.6 Å². The van der Waals surface area contributed by atoms with Crippen molar-refractivity contribution >= 4 is 24.2 Å². The van der Waals surface area contributed by atoms with Crippen LogP contribution in [0.4, 0.5) is 0 Å². The summed E-state index contributed by atoms with van der Waals surface area (Å²) in [5, 5.41) is 15.0. The van der Waals surface area contributed by atoms with Crippen LogP contribution in [0.2, 0.25) is 0 Å². The predicted octanol–water partition coefficient (Wildman–Crippen LogP) is -0.206. The fraction of sp³-hybridized carbons (Fsp3) is 0.429. The van der Waals surface area contributed by atoms with Crippen molar-refractivity contribution in [2.75, 3.05) is 19.6 Å². The van der Waals surface area contributed by atoms with Crippen LogP contribution in [-0.2, 0) is 16.0 Å². The third-order valence-corrected chi connectivity index (χ3v) is 3.57. The quantitative estimate of drug-likeness (QED) is 0.604. The van der Waals surface area contributed by atoms with Crippen molar-refractivity contribution in [2.45, 2.75) is 6.42 Å². The molecule has 0 radical (unpaired) electrons. The third-order valence-electron chi connectivity index (χ3n) is 3.57. The van der Waals surface area contributed by atoms with Crippen LogP contribution >= 0.6 is 12.4 Å². The van der Waals surface area contributed by atoms with Gasteiger partial charge in [-0.15, -0.1) is 12.4 Å². The second-order valence-electron chi connectivity index (χ2n) is 4.98. The van der Waals surface area contributed by atoms with E-state index in [9.17, 15) is 14.7 Å². The highest BCUT2D eigenvalue weighted by molar-refractivity contribution is 5.87. The number of carbonyl (C=O) groups excluding carboxylic acids is 2. The molecular formula is C14H20ClN3O3. The molecular weight excluding hydrogens is 294 g/mol. The van der Waals surface area contributed by atoms with E-state index in [1.54, 1.807) is 12.1 Å². The summed E-state index contributed by atoms with van der Waals surface area (Å²) in [5.41, 5.74) is 6.30. The number of hydrogen-bond acceptors (Lipinski definition) is 4. The van der Waals surface area contributed by atoms with Gasteiger partial charge in [-0.2, -0.15) is 0 Å². The molecule has 1 aromatic carbocycles. The first-order valence-electron chi connectivity index (χ1n) is 6.63. The van der Waals surface area contributed by atoms with Gasteiger partial charge in [-0.05, 0) is 24.1 Å². The molecule has 1 saturated heterocycles. The van der Waals surface area contributed by atoms with Gasteiger partial charge in [0, 0.05) is 19.6 Å². The summed E-state index contributed by atoms with van der Waals surface area (Å²) < 4.78 is 0. The monoisotopic (exact) mass is 313 g/mol. The first kappa shape index (κ1) is 17.3. The van der Waals surface area contributed by atoms with Gasteiger partial charge in [0.15, 0.2) is 0 Å². The summed E-state index contributed by atoms with van der Waals surface area (Å²) in [5.74, 6) is -1.17. The molecule has 2 unspecified atom stereocenters. The van der Waals surface area contributed by atoms with Gasteiger partial charge >= 0.3 is 0 Å². The smallest absolute Gasteiger partial charge is 0.225 e. The first-order chi connectivity index (χ1) is 9.58. The highest BCUT2D eigenvalue weighted by Crippen LogP contribution is 2.16. The second kappa shape index (κ2) is 7.85. The van der Waals surface area contributed by atoms with Gasteiger partial charge in [0.05, 0.1) is 11.8 Å². The normalized spacial score (nSPS) is 20.6. The van der Waals surface area contributed by atoms with Crippen molar-refractivity contribution in [1.29, 1.82) is 0 Å². The molecule has 1 aliphatic rings. The topological polar surface area (TPSA) is 104 Å². The molecule has 2 amide bonds. The summed E-state index contributed by atoms with van der Waals surface area (Å²) in [6, 6.07) is 6.85. The van der Waals surface area contributed by atoms with Crippen LogP contribution in [-0.4, -0.2) is 36.6 Å². The Hall–Kier alpha value is -1.79. The number of nitrogens with one attached hydrogen (secondary N) is 2. The average molecular weight is 314 g/mol. The lowest BCUT2D eigenvalue weighted by Gasteiger charge is -2.15. The summed E-state index contributed by atoms with van der Waals surface area (Å²) in [4.78, 5) is 23.2. The Morgan fingerprint density at radius 3 is 2.48 bits per heavy atom. The Labute approximate surface area is 129 Å². The Morgan fingerprint density at radius 1 is 1.24 bits per heavy atom. The molecule has 21 heavy (non-hydrogen) atoms.